The Labute approximate surface area is 128 Å². The van der Waals surface area contributed by atoms with E-state index < -0.39 is 11.8 Å². The Bertz CT molecular complexity index is 635. The number of rotatable bonds is 4. The maximum Gasteiger partial charge on any atom is 0.329 e. The highest BCUT2D eigenvalue weighted by Gasteiger charge is 2.26. The van der Waals surface area contributed by atoms with E-state index in [9.17, 15) is 14.4 Å². The first kappa shape index (κ1) is 15.7. The number of hydrazone groups is 1. The molecule has 0 unspecified atom stereocenters. The van der Waals surface area contributed by atoms with Crippen LogP contribution < -0.4 is 16.1 Å². The molecule has 116 valence electrons. The predicted molar refractivity (Wildman–Crippen MR) is 82.3 cm³/mol. The number of benzene rings is 1. The van der Waals surface area contributed by atoms with Crippen LogP contribution in [-0.2, 0) is 14.4 Å². The average molecular weight is 302 g/mol. The minimum atomic E-state index is -0.788. The summed E-state index contributed by atoms with van der Waals surface area (Å²) in [4.78, 5) is 34.1. The van der Waals surface area contributed by atoms with Crippen LogP contribution in [0.3, 0.4) is 0 Å². The highest BCUT2D eigenvalue weighted by molar-refractivity contribution is 6.35. The maximum atomic E-state index is 11.6. The molecule has 2 rings (SSSR count). The molecule has 1 fully saturated rings. The second-order valence-corrected chi connectivity index (χ2v) is 5.15. The smallest absolute Gasteiger partial charge is 0.329 e. The van der Waals surface area contributed by atoms with Crippen LogP contribution >= 0.6 is 0 Å². The molecule has 0 bridgehead atoms. The van der Waals surface area contributed by atoms with Crippen molar-refractivity contribution in [3.63, 3.8) is 0 Å². The van der Waals surface area contributed by atoms with Gasteiger partial charge in [-0.25, -0.2) is 5.43 Å². The van der Waals surface area contributed by atoms with Crippen molar-refractivity contribution in [2.45, 2.75) is 32.7 Å². The second kappa shape index (κ2) is 6.84. The molecule has 0 saturated heterocycles. The van der Waals surface area contributed by atoms with E-state index in [1.807, 2.05) is 0 Å². The molecule has 1 aliphatic rings. The fourth-order valence-electron chi connectivity index (χ4n) is 1.75. The number of carbonyl (C=O) groups is 3. The van der Waals surface area contributed by atoms with Gasteiger partial charge in [0.2, 0.25) is 5.91 Å². The Hall–Kier alpha value is -2.70. The van der Waals surface area contributed by atoms with E-state index in [2.05, 4.69) is 21.2 Å². The van der Waals surface area contributed by atoms with Crippen molar-refractivity contribution in [2.24, 2.45) is 5.10 Å². The summed E-state index contributed by atoms with van der Waals surface area (Å²) in [5.74, 6) is -1.63. The SMILES string of the molecule is CC(=O)Nc1cccc(/C(C)=N\NC(=O)C(=O)NC2CC2)c1. The molecule has 3 N–H and O–H groups in total. The van der Waals surface area contributed by atoms with Gasteiger partial charge in [-0.1, -0.05) is 12.1 Å². The molecule has 0 radical (unpaired) electrons. The van der Waals surface area contributed by atoms with E-state index in [1.54, 1.807) is 31.2 Å². The molecule has 0 spiro atoms. The lowest BCUT2D eigenvalue weighted by Gasteiger charge is -2.06. The zero-order chi connectivity index (χ0) is 16.1. The van der Waals surface area contributed by atoms with Gasteiger partial charge in [0.1, 0.15) is 0 Å². The van der Waals surface area contributed by atoms with Crippen LogP contribution in [0.5, 0.6) is 0 Å². The molecule has 1 aromatic rings. The van der Waals surface area contributed by atoms with Crippen molar-refractivity contribution in [3.8, 4) is 0 Å². The summed E-state index contributed by atoms with van der Waals surface area (Å²) in [6.45, 7) is 3.12. The number of anilines is 1. The van der Waals surface area contributed by atoms with E-state index in [0.717, 1.165) is 18.4 Å². The third-order valence-electron chi connectivity index (χ3n) is 3.04. The summed E-state index contributed by atoms with van der Waals surface area (Å²) >= 11 is 0. The van der Waals surface area contributed by atoms with Gasteiger partial charge in [0.05, 0.1) is 5.71 Å². The molecule has 0 atom stereocenters. The summed E-state index contributed by atoms with van der Waals surface area (Å²) in [6, 6.07) is 7.16. The number of hydrogen-bond acceptors (Lipinski definition) is 4. The van der Waals surface area contributed by atoms with Crippen LogP contribution in [0, 0.1) is 0 Å². The highest BCUT2D eigenvalue weighted by Crippen LogP contribution is 2.18. The summed E-state index contributed by atoms with van der Waals surface area (Å²) in [7, 11) is 0. The minimum Gasteiger partial charge on any atom is -0.345 e. The average Bonchev–Trinajstić information content (AvgIpc) is 3.27. The summed E-state index contributed by atoms with van der Waals surface area (Å²) < 4.78 is 0. The molecule has 1 aliphatic carbocycles. The van der Waals surface area contributed by atoms with Gasteiger partial charge in [-0.15, -0.1) is 0 Å². The van der Waals surface area contributed by atoms with Gasteiger partial charge in [0.25, 0.3) is 0 Å². The molecule has 1 saturated carbocycles. The van der Waals surface area contributed by atoms with Gasteiger partial charge in [0, 0.05) is 18.7 Å². The lowest BCUT2D eigenvalue weighted by atomic mass is 10.1. The first-order valence-corrected chi connectivity index (χ1v) is 6.99. The molecular weight excluding hydrogens is 284 g/mol. The Morgan fingerprint density at radius 3 is 2.50 bits per heavy atom. The van der Waals surface area contributed by atoms with Crippen LogP contribution in [0.25, 0.3) is 0 Å². The summed E-state index contributed by atoms with van der Waals surface area (Å²) in [5.41, 5.74) is 4.12. The van der Waals surface area contributed by atoms with Crippen molar-refractivity contribution in [1.29, 1.82) is 0 Å². The van der Waals surface area contributed by atoms with E-state index in [4.69, 9.17) is 0 Å². The molecule has 0 heterocycles. The molecular formula is C15H18N4O3. The Kier molecular flexibility index (Phi) is 4.88. The summed E-state index contributed by atoms with van der Waals surface area (Å²) in [5, 5.41) is 9.15. The van der Waals surface area contributed by atoms with E-state index in [0.29, 0.717) is 11.4 Å². The van der Waals surface area contributed by atoms with Crippen molar-refractivity contribution < 1.29 is 14.4 Å². The molecule has 0 aromatic heterocycles. The third kappa shape index (κ3) is 4.69. The number of carbonyl (C=O) groups excluding carboxylic acids is 3. The normalized spacial score (nSPS) is 14.2. The second-order valence-electron chi connectivity index (χ2n) is 5.15. The maximum absolute atomic E-state index is 11.6. The van der Waals surface area contributed by atoms with Crippen LogP contribution in [0.2, 0.25) is 0 Å². The van der Waals surface area contributed by atoms with Crippen molar-refractivity contribution in [3.05, 3.63) is 29.8 Å². The van der Waals surface area contributed by atoms with Gasteiger partial charge in [-0.05, 0) is 37.5 Å². The lowest BCUT2D eigenvalue weighted by molar-refractivity contribution is -0.139. The summed E-state index contributed by atoms with van der Waals surface area (Å²) in [6.07, 6.45) is 1.83. The number of nitrogens with one attached hydrogen (secondary N) is 3. The lowest BCUT2D eigenvalue weighted by Crippen LogP contribution is -2.39. The molecule has 1 aromatic carbocycles. The van der Waals surface area contributed by atoms with Gasteiger partial charge in [-0.2, -0.15) is 5.10 Å². The van der Waals surface area contributed by atoms with E-state index >= 15 is 0 Å². The zero-order valence-corrected chi connectivity index (χ0v) is 12.5. The van der Waals surface area contributed by atoms with Crippen molar-refractivity contribution >= 4 is 29.1 Å². The van der Waals surface area contributed by atoms with Crippen LogP contribution in [0.1, 0.15) is 32.3 Å². The predicted octanol–water partition coefficient (Wildman–Crippen LogP) is 0.764. The van der Waals surface area contributed by atoms with Gasteiger partial charge >= 0.3 is 11.8 Å². The quantitative estimate of drug-likeness (QED) is 0.435. The highest BCUT2D eigenvalue weighted by atomic mass is 16.2. The zero-order valence-electron chi connectivity index (χ0n) is 12.5. The van der Waals surface area contributed by atoms with Crippen LogP contribution in [0.15, 0.2) is 29.4 Å². The molecule has 7 nitrogen and oxygen atoms in total. The molecule has 3 amide bonds. The van der Waals surface area contributed by atoms with E-state index in [1.165, 1.54) is 6.92 Å². The first-order valence-electron chi connectivity index (χ1n) is 6.99. The van der Waals surface area contributed by atoms with Crippen molar-refractivity contribution in [1.82, 2.24) is 10.7 Å². The molecule has 0 aliphatic heterocycles. The minimum absolute atomic E-state index is 0.123. The van der Waals surface area contributed by atoms with E-state index in [-0.39, 0.29) is 11.9 Å². The Morgan fingerprint density at radius 2 is 1.86 bits per heavy atom. The van der Waals surface area contributed by atoms with Gasteiger partial charge in [0.15, 0.2) is 0 Å². The number of hydrogen-bond donors (Lipinski definition) is 3. The standard InChI is InChI=1S/C15H18N4O3/c1-9(11-4-3-5-13(8-11)16-10(2)20)18-19-15(22)14(21)17-12-6-7-12/h3-5,8,12H,6-7H2,1-2H3,(H,16,20)(H,17,21)(H,19,22)/b18-9-. The Balaban J connectivity index is 1.97. The van der Waals surface area contributed by atoms with Gasteiger partial charge < -0.3 is 10.6 Å². The van der Waals surface area contributed by atoms with Crippen molar-refractivity contribution in [2.75, 3.05) is 5.32 Å². The number of nitrogens with zero attached hydrogens (tertiary/aromatic N) is 1. The molecule has 7 heteroatoms. The number of amides is 3. The van der Waals surface area contributed by atoms with Crippen LogP contribution in [-0.4, -0.2) is 29.5 Å². The third-order valence-corrected chi connectivity index (χ3v) is 3.04. The fourth-order valence-corrected chi connectivity index (χ4v) is 1.75. The topological polar surface area (TPSA) is 99.7 Å². The Morgan fingerprint density at radius 1 is 1.14 bits per heavy atom. The monoisotopic (exact) mass is 302 g/mol. The van der Waals surface area contributed by atoms with Crippen LogP contribution in [0.4, 0.5) is 5.69 Å². The van der Waals surface area contributed by atoms with Gasteiger partial charge in [-0.3, -0.25) is 14.4 Å². The first-order chi connectivity index (χ1) is 10.5. The largest absolute Gasteiger partial charge is 0.345 e. The fraction of sp³-hybridized carbons (Fsp3) is 0.333. The molecule has 22 heavy (non-hydrogen) atoms.